The van der Waals surface area contributed by atoms with Gasteiger partial charge in [0.15, 0.2) is 5.82 Å². The predicted octanol–water partition coefficient (Wildman–Crippen LogP) is 1.97. The third-order valence-corrected chi connectivity index (χ3v) is 4.37. The fourth-order valence-corrected chi connectivity index (χ4v) is 3.00. The number of nitrogens with zero attached hydrogens (tertiary/aromatic N) is 2. The first-order chi connectivity index (χ1) is 11.7. The van der Waals surface area contributed by atoms with Gasteiger partial charge in [-0.3, -0.25) is 0 Å². The SMILES string of the molecule is COCc1nc(N[C@H](CO)c2ccccc2)cc(C2CC(N)C2)n1. The lowest BCUT2D eigenvalue weighted by Crippen LogP contribution is -2.35. The van der Waals surface area contributed by atoms with E-state index in [1.807, 2.05) is 36.4 Å². The molecule has 1 heterocycles. The monoisotopic (exact) mass is 328 g/mol. The van der Waals surface area contributed by atoms with Gasteiger partial charge in [0.1, 0.15) is 12.4 Å². The number of ether oxygens (including phenoxy) is 1. The van der Waals surface area contributed by atoms with Crippen LogP contribution in [0.2, 0.25) is 0 Å². The molecule has 1 fully saturated rings. The molecule has 0 radical (unpaired) electrons. The normalized spacial score (nSPS) is 21.1. The summed E-state index contributed by atoms with van der Waals surface area (Å²) >= 11 is 0. The molecule has 1 saturated carbocycles. The number of methoxy groups -OCH3 is 1. The Morgan fingerprint density at radius 1 is 1.29 bits per heavy atom. The van der Waals surface area contributed by atoms with Crippen LogP contribution in [0.15, 0.2) is 36.4 Å². The zero-order valence-corrected chi connectivity index (χ0v) is 13.9. The maximum Gasteiger partial charge on any atom is 0.156 e. The fraction of sp³-hybridized carbons (Fsp3) is 0.444. The number of anilines is 1. The van der Waals surface area contributed by atoms with Crippen LogP contribution in [0.25, 0.3) is 0 Å². The van der Waals surface area contributed by atoms with Gasteiger partial charge in [-0.15, -0.1) is 0 Å². The van der Waals surface area contributed by atoms with Crippen molar-refractivity contribution in [3.63, 3.8) is 0 Å². The number of aliphatic hydroxyl groups is 1. The van der Waals surface area contributed by atoms with Crippen molar-refractivity contribution < 1.29 is 9.84 Å². The Morgan fingerprint density at radius 3 is 2.67 bits per heavy atom. The van der Waals surface area contributed by atoms with E-state index in [9.17, 15) is 5.11 Å². The first-order valence-electron chi connectivity index (χ1n) is 8.24. The first kappa shape index (κ1) is 16.8. The summed E-state index contributed by atoms with van der Waals surface area (Å²) in [5.41, 5.74) is 7.91. The van der Waals surface area contributed by atoms with E-state index in [-0.39, 0.29) is 18.7 Å². The van der Waals surface area contributed by atoms with Crippen molar-refractivity contribution >= 4 is 5.82 Å². The van der Waals surface area contributed by atoms with Gasteiger partial charge in [0.2, 0.25) is 0 Å². The number of rotatable bonds is 7. The lowest BCUT2D eigenvalue weighted by Gasteiger charge is -2.32. The van der Waals surface area contributed by atoms with Crippen molar-refractivity contribution in [1.82, 2.24) is 9.97 Å². The number of aliphatic hydroxyl groups excluding tert-OH is 1. The molecule has 128 valence electrons. The van der Waals surface area contributed by atoms with Gasteiger partial charge in [-0.05, 0) is 18.4 Å². The average molecular weight is 328 g/mol. The number of nitrogens with one attached hydrogen (secondary N) is 1. The van der Waals surface area contributed by atoms with Crippen LogP contribution in [0, 0.1) is 0 Å². The summed E-state index contributed by atoms with van der Waals surface area (Å²) in [7, 11) is 1.63. The van der Waals surface area contributed by atoms with E-state index in [0.717, 1.165) is 24.1 Å². The number of aromatic nitrogens is 2. The third-order valence-electron chi connectivity index (χ3n) is 4.37. The molecule has 6 nitrogen and oxygen atoms in total. The maximum absolute atomic E-state index is 9.74. The van der Waals surface area contributed by atoms with Crippen molar-refractivity contribution in [3.05, 3.63) is 53.5 Å². The summed E-state index contributed by atoms with van der Waals surface area (Å²) in [5, 5.41) is 13.0. The largest absolute Gasteiger partial charge is 0.394 e. The highest BCUT2D eigenvalue weighted by Gasteiger charge is 2.29. The van der Waals surface area contributed by atoms with Gasteiger partial charge < -0.3 is 20.9 Å². The minimum Gasteiger partial charge on any atom is -0.394 e. The van der Waals surface area contributed by atoms with Gasteiger partial charge in [0.05, 0.1) is 12.6 Å². The second-order valence-corrected chi connectivity index (χ2v) is 6.25. The highest BCUT2D eigenvalue weighted by atomic mass is 16.5. The second kappa shape index (κ2) is 7.70. The Labute approximate surface area is 142 Å². The molecule has 2 aromatic rings. The van der Waals surface area contributed by atoms with E-state index in [2.05, 4.69) is 15.3 Å². The summed E-state index contributed by atoms with van der Waals surface area (Å²) in [6, 6.07) is 11.8. The van der Waals surface area contributed by atoms with Crippen molar-refractivity contribution in [2.24, 2.45) is 5.73 Å². The molecule has 1 aliphatic rings. The van der Waals surface area contributed by atoms with Gasteiger partial charge in [-0.2, -0.15) is 0 Å². The van der Waals surface area contributed by atoms with Gasteiger partial charge in [-0.25, -0.2) is 9.97 Å². The van der Waals surface area contributed by atoms with Crippen LogP contribution in [0.4, 0.5) is 5.82 Å². The van der Waals surface area contributed by atoms with Gasteiger partial charge in [0.25, 0.3) is 0 Å². The van der Waals surface area contributed by atoms with E-state index in [1.54, 1.807) is 7.11 Å². The highest BCUT2D eigenvalue weighted by molar-refractivity contribution is 5.41. The molecular weight excluding hydrogens is 304 g/mol. The Bertz CT molecular complexity index is 659. The molecule has 4 N–H and O–H groups in total. The maximum atomic E-state index is 9.74. The standard InChI is InChI=1S/C18H24N4O2/c1-24-11-18-20-15(13-7-14(19)8-13)9-17(22-18)21-16(10-23)12-5-3-2-4-6-12/h2-6,9,13-14,16,23H,7-8,10-11,19H2,1H3,(H,20,21,22)/t13?,14?,16-/m1/s1. The molecule has 0 aliphatic heterocycles. The van der Waals surface area contributed by atoms with Crippen LogP contribution in [-0.4, -0.2) is 34.8 Å². The Morgan fingerprint density at radius 2 is 2.04 bits per heavy atom. The van der Waals surface area contributed by atoms with Gasteiger partial charge in [-0.1, -0.05) is 30.3 Å². The number of hydrogen-bond acceptors (Lipinski definition) is 6. The van der Waals surface area contributed by atoms with Gasteiger partial charge in [0, 0.05) is 30.8 Å². The van der Waals surface area contributed by atoms with E-state index in [1.165, 1.54) is 0 Å². The lowest BCUT2D eigenvalue weighted by atomic mass is 9.78. The van der Waals surface area contributed by atoms with E-state index in [0.29, 0.717) is 24.2 Å². The van der Waals surface area contributed by atoms with Crippen molar-refractivity contribution in [3.8, 4) is 0 Å². The summed E-state index contributed by atoms with van der Waals surface area (Å²) in [5.74, 6) is 1.72. The number of benzene rings is 1. The Balaban J connectivity index is 1.83. The van der Waals surface area contributed by atoms with Crippen LogP contribution in [-0.2, 0) is 11.3 Å². The summed E-state index contributed by atoms with van der Waals surface area (Å²) in [6.45, 7) is 0.341. The molecule has 0 spiro atoms. The molecule has 0 amide bonds. The molecule has 6 heteroatoms. The minimum atomic E-state index is -0.215. The molecule has 1 atom stereocenters. The van der Waals surface area contributed by atoms with Crippen molar-refractivity contribution in [2.45, 2.75) is 37.5 Å². The smallest absolute Gasteiger partial charge is 0.156 e. The predicted molar refractivity (Wildman–Crippen MR) is 92.6 cm³/mol. The van der Waals surface area contributed by atoms with E-state index >= 15 is 0 Å². The van der Waals surface area contributed by atoms with Crippen LogP contribution >= 0.6 is 0 Å². The first-order valence-corrected chi connectivity index (χ1v) is 8.24. The molecule has 1 aromatic carbocycles. The van der Waals surface area contributed by atoms with E-state index in [4.69, 9.17) is 10.5 Å². The molecule has 0 unspecified atom stereocenters. The van der Waals surface area contributed by atoms with Crippen molar-refractivity contribution in [2.75, 3.05) is 19.0 Å². The summed E-state index contributed by atoms with van der Waals surface area (Å²) in [4.78, 5) is 9.10. The van der Waals surface area contributed by atoms with Crippen LogP contribution in [0.5, 0.6) is 0 Å². The van der Waals surface area contributed by atoms with Crippen LogP contribution in [0.1, 0.15) is 41.9 Å². The molecular formula is C18H24N4O2. The molecule has 3 rings (SSSR count). The van der Waals surface area contributed by atoms with Crippen LogP contribution in [0.3, 0.4) is 0 Å². The number of nitrogens with two attached hydrogens (primary N) is 1. The molecule has 1 aliphatic carbocycles. The highest BCUT2D eigenvalue weighted by Crippen LogP contribution is 2.35. The average Bonchev–Trinajstić information content (AvgIpc) is 2.58. The second-order valence-electron chi connectivity index (χ2n) is 6.25. The summed E-state index contributed by atoms with van der Waals surface area (Å²) < 4.78 is 5.18. The molecule has 0 saturated heterocycles. The third kappa shape index (κ3) is 3.90. The fourth-order valence-electron chi connectivity index (χ4n) is 3.00. The van der Waals surface area contributed by atoms with Crippen molar-refractivity contribution in [1.29, 1.82) is 0 Å². The minimum absolute atomic E-state index is 0.0166. The topological polar surface area (TPSA) is 93.3 Å². The molecule has 0 bridgehead atoms. The Hall–Kier alpha value is -2.02. The van der Waals surface area contributed by atoms with E-state index < -0.39 is 0 Å². The zero-order chi connectivity index (χ0) is 16.9. The molecule has 24 heavy (non-hydrogen) atoms. The van der Waals surface area contributed by atoms with Crippen LogP contribution < -0.4 is 11.1 Å². The zero-order valence-electron chi connectivity index (χ0n) is 13.9. The Kier molecular flexibility index (Phi) is 5.40. The number of hydrogen-bond donors (Lipinski definition) is 3. The lowest BCUT2D eigenvalue weighted by molar-refractivity contribution is 0.177. The quantitative estimate of drug-likeness (QED) is 0.719. The molecule has 1 aromatic heterocycles. The summed E-state index contributed by atoms with van der Waals surface area (Å²) in [6.07, 6.45) is 1.90. The van der Waals surface area contributed by atoms with Gasteiger partial charge >= 0.3 is 0 Å².